The molecule has 0 bridgehead atoms. The van der Waals surface area contributed by atoms with Gasteiger partial charge in [-0.3, -0.25) is 11.3 Å². The van der Waals surface area contributed by atoms with Gasteiger partial charge in [0.15, 0.2) is 0 Å². The van der Waals surface area contributed by atoms with E-state index in [0.29, 0.717) is 11.7 Å². The van der Waals surface area contributed by atoms with Gasteiger partial charge in [0.05, 0.1) is 6.04 Å². The molecule has 4 nitrogen and oxygen atoms in total. The number of nitrogens with one attached hydrogen (secondary N) is 1. The fourth-order valence-corrected chi connectivity index (χ4v) is 2.89. The maximum Gasteiger partial charge on any atom is 0.128 e. The molecular weight excluding hydrogens is 212 g/mol. The van der Waals surface area contributed by atoms with E-state index in [4.69, 9.17) is 11.6 Å². The second-order valence-electron chi connectivity index (χ2n) is 5.31. The molecule has 17 heavy (non-hydrogen) atoms. The Bertz CT molecular complexity index is 391. The van der Waals surface area contributed by atoms with Gasteiger partial charge in [-0.2, -0.15) is 0 Å². The van der Waals surface area contributed by atoms with Crippen molar-refractivity contribution < 1.29 is 0 Å². The fourth-order valence-electron chi connectivity index (χ4n) is 2.89. The van der Waals surface area contributed by atoms with Crippen LogP contribution in [0.15, 0.2) is 12.3 Å². The summed E-state index contributed by atoms with van der Waals surface area (Å²) in [4.78, 5) is 4.22. The predicted octanol–water partition coefficient (Wildman–Crippen LogP) is 1.91. The van der Waals surface area contributed by atoms with E-state index in [9.17, 15) is 0 Å². The largest absolute Gasteiger partial charge is 0.383 e. The number of nitrogens with zero attached hydrogens (tertiary/aromatic N) is 1. The van der Waals surface area contributed by atoms with Crippen molar-refractivity contribution in [2.24, 2.45) is 17.7 Å². The smallest absolute Gasteiger partial charge is 0.128 e. The number of anilines is 1. The van der Waals surface area contributed by atoms with Gasteiger partial charge in [-0.1, -0.05) is 13.3 Å². The molecule has 0 spiro atoms. The molecule has 0 amide bonds. The zero-order chi connectivity index (χ0) is 12.4. The third kappa shape index (κ3) is 2.58. The van der Waals surface area contributed by atoms with Crippen molar-refractivity contribution >= 4 is 5.82 Å². The summed E-state index contributed by atoms with van der Waals surface area (Å²) in [5.41, 5.74) is 11.1. The van der Waals surface area contributed by atoms with Gasteiger partial charge in [-0.15, -0.1) is 0 Å². The summed E-state index contributed by atoms with van der Waals surface area (Å²) in [5, 5.41) is 0. The lowest BCUT2D eigenvalue weighted by Crippen LogP contribution is -2.33. The van der Waals surface area contributed by atoms with E-state index >= 15 is 0 Å². The van der Waals surface area contributed by atoms with Crippen molar-refractivity contribution in [1.29, 1.82) is 0 Å². The van der Waals surface area contributed by atoms with Crippen LogP contribution in [0.1, 0.15) is 43.4 Å². The minimum absolute atomic E-state index is 0.132. The average Bonchev–Trinajstić information content (AvgIpc) is 2.71. The normalized spacial score (nSPS) is 26.1. The maximum absolute atomic E-state index is 5.96. The standard InChI is InChI=1S/C13H22N4/c1-8-3-4-10(5-8)12(17-15)11-6-9(2)7-16-13(11)14/h6-8,10,12,17H,3-5,15H2,1-2H3,(H2,14,16). The van der Waals surface area contributed by atoms with Gasteiger partial charge >= 0.3 is 0 Å². The molecule has 1 aromatic heterocycles. The van der Waals surface area contributed by atoms with Crippen molar-refractivity contribution in [1.82, 2.24) is 10.4 Å². The maximum atomic E-state index is 5.96. The first-order valence-corrected chi connectivity index (χ1v) is 6.30. The highest BCUT2D eigenvalue weighted by Gasteiger charge is 2.30. The molecule has 3 atom stereocenters. The predicted molar refractivity (Wildman–Crippen MR) is 70.0 cm³/mol. The Morgan fingerprint density at radius 1 is 1.47 bits per heavy atom. The zero-order valence-electron chi connectivity index (χ0n) is 10.6. The zero-order valence-corrected chi connectivity index (χ0v) is 10.6. The van der Waals surface area contributed by atoms with Crippen LogP contribution in [-0.2, 0) is 0 Å². The van der Waals surface area contributed by atoms with Crippen molar-refractivity contribution in [2.75, 3.05) is 5.73 Å². The van der Waals surface area contributed by atoms with Crippen LogP contribution in [0.4, 0.5) is 5.82 Å². The van der Waals surface area contributed by atoms with Crippen molar-refractivity contribution in [3.8, 4) is 0 Å². The highest BCUT2D eigenvalue weighted by molar-refractivity contribution is 5.43. The van der Waals surface area contributed by atoms with Crippen LogP contribution in [0.2, 0.25) is 0 Å². The molecule has 0 aromatic carbocycles. The summed E-state index contributed by atoms with van der Waals surface area (Å²) in [5.74, 6) is 7.67. The molecule has 0 radical (unpaired) electrons. The van der Waals surface area contributed by atoms with Crippen LogP contribution >= 0.6 is 0 Å². The Morgan fingerprint density at radius 3 is 2.82 bits per heavy atom. The van der Waals surface area contributed by atoms with Crippen LogP contribution in [0.5, 0.6) is 0 Å². The number of hydrogen-bond donors (Lipinski definition) is 3. The molecule has 0 saturated heterocycles. The van der Waals surface area contributed by atoms with Crippen molar-refractivity contribution in [3.05, 3.63) is 23.4 Å². The molecule has 1 fully saturated rings. The number of pyridine rings is 1. The van der Waals surface area contributed by atoms with Gasteiger partial charge in [-0.25, -0.2) is 4.98 Å². The minimum atomic E-state index is 0.132. The van der Waals surface area contributed by atoms with E-state index in [2.05, 4.69) is 23.4 Å². The highest BCUT2D eigenvalue weighted by Crippen LogP contribution is 2.39. The third-order valence-electron chi connectivity index (χ3n) is 3.81. The SMILES string of the molecule is Cc1cnc(N)c(C(NN)C2CCC(C)C2)c1. The summed E-state index contributed by atoms with van der Waals surface area (Å²) in [6.07, 6.45) is 5.50. The first kappa shape index (κ1) is 12.3. The Kier molecular flexibility index (Phi) is 3.64. The van der Waals surface area contributed by atoms with Gasteiger partial charge in [0.1, 0.15) is 5.82 Å². The summed E-state index contributed by atoms with van der Waals surface area (Å²) in [6, 6.07) is 2.22. The lowest BCUT2D eigenvalue weighted by Gasteiger charge is -2.24. The van der Waals surface area contributed by atoms with Crippen LogP contribution in [0, 0.1) is 18.8 Å². The number of aryl methyl sites for hydroxylation is 1. The lowest BCUT2D eigenvalue weighted by atomic mass is 9.91. The number of hydrazine groups is 1. The minimum Gasteiger partial charge on any atom is -0.383 e. The first-order chi connectivity index (χ1) is 8.11. The fraction of sp³-hybridized carbons (Fsp3) is 0.615. The van der Waals surface area contributed by atoms with Crippen molar-refractivity contribution in [2.45, 2.75) is 39.2 Å². The Labute approximate surface area is 103 Å². The average molecular weight is 234 g/mol. The van der Waals surface area contributed by atoms with Crippen molar-refractivity contribution in [3.63, 3.8) is 0 Å². The Morgan fingerprint density at radius 2 is 2.24 bits per heavy atom. The van der Waals surface area contributed by atoms with E-state index in [0.717, 1.165) is 17.0 Å². The molecule has 1 aliphatic rings. The Hall–Kier alpha value is -1.13. The van der Waals surface area contributed by atoms with Gasteiger partial charge in [0, 0.05) is 11.8 Å². The molecule has 5 N–H and O–H groups in total. The van der Waals surface area contributed by atoms with Gasteiger partial charge in [0.25, 0.3) is 0 Å². The Balaban J connectivity index is 2.25. The molecular formula is C13H22N4. The second-order valence-corrected chi connectivity index (χ2v) is 5.31. The van der Waals surface area contributed by atoms with Gasteiger partial charge < -0.3 is 5.73 Å². The van der Waals surface area contributed by atoms with E-state index in [-0.39, 0.29) is 6.04 Å². The highest BCUT2D eigenvalue weighted by atomic mass is 15.2. The number of nitrogen functional groups attached to an aromatic ring is 1. The number of hydrogen-bond acceptors (Lipinski definition) is 4. The number of rotatable bonds is 3. The molecule has 1 heterocycles. The number of aromatic nitrogens is 1. The third-order valence-corrected chi connectivity index (χ3v) is 3.81. The summed E-state index contributed by atoms with van der Waals surface area (Å²) in [6.45, 7) is 4.33. The molecule has 3 unspecified atom stereocenters. The molecule has 1 saturated carbocycles. The second kappa shape index (κ2) is 5.02. The van der Waals surface area contributed by atoms with Gasteiger partial charge in [0.2, 0.25) is 0 Å². The molecule has 94 valence electrons. The van der Waals surface area contributed by atoms with E-state index in [1.165, 1.54) is 19.3 Å². The molecule has 2 rings (SSSR count). The first-order valence-electron chi connectivity index (χ1n) is 6.30. The summed E-state index contributed by atoms with van der Waals surface area (Å²) < 4.78 is 0. The van der Waals surface area contributed by atoms with E-state index in [1.54, 1.807) is 6.20 Å². The van der Waals surface area contributed by atoms with Gasteiger partial charge in [-0.05, 0) is 43.2 Å². The van der Waals surface area contributed by atoms with E-state index < -0.39 is 0 Å². The monoisotopic (exact) mass is 234 g/mol. The number of nitrogens with two attached hydrogens (primary N) is 2. The quantitative estimate of drug-likeness (QED) is 0.551. The topological polar surface area (TPSA) is 77.0 Å². The van der Waals surface area contributed by atoms with Crippen LogP contribution in [0.25, 0.3) is 0 Å². The van der Waals surface area contributed by atoms with Crippen LogP contribution in [0.3, 0.4) is 0 Å². The van der Waals surface area contributed by atoms with Crippen LogP contribution < -0.4 is 17.0 Å². The van der Waals surface area contributed by atoms with E-state index in [1.807, 2.05) is 6.92 Å². The molecule has 4 heteroatoms. The molecule has 1 aliphatic carbocycles. The molecule has 1 aromatic rings. The summed E-state index contributed by atoms with van der Waals surface area (Å²) in [7, 11) is 0. The van der Waals surface area contributed by atoms with Crippen LogP contribution in [-0.4, -0.2) is 4.98 Å². The lowest BCUT2D eigenvalue weighted by molar-refractivity contribution is 0.364. The molecule has 0 aliphatic heterocycles. The summed E-state index contributed by atoms with van der Waals surface area (Å²) >= 11 is 0.